The van der Waals surface area contributed by atoms with Gasteiger partial charge in [-0.25, -0.2) is 0 Å². The number of hydrogen-bond acceptors (Lipinski definition) is 2. The van der Waals surface area contributed by atoms with Crippen LogP contribution in [0.4, 0.5) is 5.69 Å². The lowest BCUT2D eigenvalue weighted by Gasteiger charge is -2.13. The van der Waals surface area contributed by atoms with Gasteiger partial charge in [0.2, 0.25) is 0 Å². The Morgan fingerprint density at radius 3 is 2.55 bits per heavy atom. The zero-order chi connectivity index (χ0) is 14.7. The van der Waals surface area contributed by atoms with Crippen molar-refractivity contribution in [2.24, 2.45) is 0 Å². The van der Waals surface area contributed by atoms with Gasteiger partial charge in [-0.15, -0.1) is 0 Å². The predicted octanol–water partition coefficient (Wildman–Crippen LogP) is 4.93. The van der Waals surface area contributed by atoms with Gasteiger partial charge in [0, 0.05) is 16.3 Å². The number of rotatable bonds is 4. The van der Waals surface area contributed by atoms with Gasteiger partial charge in [0.25, 0.3) is 0 Å². The monoisotopic (exact) mass is 289 g/mol. The molecular weight excluding hydrogens is 270 g/mol. The van der Waals surface area contributed by atoms with Crippen LogP contribution in [0.25, 0.3) is 0 Å². The average Bonchev–Trinajstić information content (AvgIpc) is 2.39. The third-order valence-corrected chi connectivity index (χ3v) is 3.60. The number of nitrogen functional groups attached to an aromatic ring is 1. The van der Waals surface area contributed by atoms with Gasteiger partial charge >= 0.3 is 0 Å². The molecule has 0 amide bonds. The van der Waals surface area contributed by atoms with Crippen molar-refractivity contribution in [2.45, 2.75) is 33.3 Å². The highest BCUT2D eigenvalue weighted by Crippen LogP contribution is 2.25. The lowest BCUT2D eigenvalue weighted by atomic mass is 9.98. The molecule has 106 valence electrons. The van der Waals surface area contributed by atoms with E-state index in [1.807, 2.05) is 12.1 Å². The summed E-state index contributed by atoms with van der Waals surface area (Å²) in [6.07, 6.45) is 0. The molecule has 0 bridgehead atoms. The summed E-state index contributed by atoms with van der Waals surface area (Å²) < 4.78 is 5.80. The van der Waals surface area contributed by atoms with E-state index in [1.165, 1.54) is 11.1 Å². The van der Waals surface area contributed by atoms with Crippen LogP contribution in [-0.2, 0) is 6.61 Å². The van der Waals surface area contributed by atoms with Gasteiger partial charge in [-0.2, -0.15) is 0 Å². The van der Waals surface area contributed by atoms with Crippen molar-refractivity contribution in [1.82, 2.24) is 0 Å². The van der Waals surface area contributed by atoms with Crippen molar-refractivity contribution >= 4 is 17.3 Å². The van der Waals surface area contributed by atoms with Crippen LogP contribution in [-0.4, -0.2) is 0 Å². The Balaban J connectivity index is 2.11. The Kier molecular flexibility index (Phi) is 4.56. The highest BCUT2D eigenvalue weighted by atomic mass is 35.5. The van der Waals surface area contributed by atoms with E-state index in [2.05, 4.69) is 32.9 Å². The fraction of sp³-hybridized carbons (Fsp3) is 0.294. The lowest BCUT2D eigenvalue weighted by molar-refractivity contribution is 0.306. The fourth-order valence-electron chi connectivity index (χ4n) is 2.25. The molecule has 3 heteroatoms. The summed E-state index contributed by atoms with van der Waals surface area (Å²) in [6.45, 7) is 6.91. The molecule has 0 aliphatic rings. The first-order valence-electron chi connectivity index (χ1n) is 6.74. The van der Waals surface area contributed by atoms with Crippen LogP contribution >= 0.6 is 11.6 Å². The van der Waals surface area contributed by atoms with Crippen molar-refractivity contribution < 1.29 is 4.74 Å². The molecule has 0 spiro atoms. The van der Waals surface area contributed by atoms with Crippen LogP contribution in [0.15, 0.2) is 36.4 Å². The van der Waals surface area contributed by atoms with Crippen molar-refractivity contribution in [3.05, 3.63) is 58.1 Å². The molecule has 0 unspecified atom stereocenters. The first-order chi connectivity index (χ1) is 9.47. The zero-order valence-corrected chi connectivity index (χ0v) is 12.9. The maximum Gasteiger partial charge on any atom is 0.120 e. The van der Waals surface area contributed by atoms with Crippen LogP contribution in [0.5, 0.6) is 5.75 Å². The van der Waals surface area contributed by atoms with Gasteiger partial charge in [0.15, 0.2) is 0 Å². The molecule has 0 atom stereocenters. The van der Waals surface area contributed by atoms with E-state index in [4.69, 9.17) is 22.1 Å². The van der Waals surface area contributed by atoms with Crippen LogP contribution in [0.1, 0.15) is 36.5 Å². The molecule has 2 rings (SSSR count). The molecule has 0 radical (unpaired) electrons. The third kappa shape index (κ3) is 3.45. The largest absolute Gasteiger partial charge is 0.489 e. The second-order valence-electron chi connectivity index (χ2n) is 5.30. The molecule has 2 aromatic rings. The van der Waals surface area contributed by atoms with Gasteiger partial charge in [0.1, 0.15) is 12.4 Å². The molecule has 0 saturated carbocycles. The second-order valence-corrected chi connectivity index (χ2v) is 5.74. The number of aryl methyl sites for hydroxylation is 1. The van der Waals surface area contributed by atoms with Gasteiger partial charge in [0.05, 0.1) is 0 Å². The van der Waals surface area contributed by atoms with E-state index in [1.54, 1.807) is 12.1 Å². The molecule has 0 aliphatic heterocycles. The SMILES string of the molecule is Cc1cc(OCc2cc(Cl)ccc2N)ccc1C(C)C. The molecule has 2 N–H and O–H groups in total. The number of ether oxygens (including phenoxy) is 1. The summed E-state index contributed by atoms with van der Waals surface area (Å²) in [7, 11) is 0. The van der Waals surface area contributed by atoms with E-state index in [9.17, 15) is 0 Å². The molecular formula is C17H20ClNO. The molecule has 0 heterocycles. The third-order valence-electron chi connectivity index (χ3n) is 3.36. The number of nitrogens with two attached hydrogens (primary N) is 1. The molecule has 2 nitrogen and oxygen atoms in total. The Morgan fingerprint density at radius 1 is 1.15 bits per heavy atom. The standard InChI is InChI=1S/C17H20ClNO/c1-11(2)16-6-5-15(8-12(16)3)20-10-13-9-14(18)4-7-17(13)19/h4-9,11H,10,19H2,1-3H3. The molecule has 2 aromatic carbocycles. The van der Waals surface area contributed by atoms with Crippen molar-refractivity contribution in [3.8, 4) is 5.75 Å². The van der Waals surface area contributed by atoms with Crippen molar-refractivity contribution in [2.75, 3.05) is 5.73 Å². The summed E-state index contributed by atoms with van der Waals surface area (Å²) in [5.41, 5.74) is 10.1. The summed E-state index contributed by atoms with van der Waals surface area (Å²) in [5.74, 6) is 1.37. The maximum atomic E-state index is 5.97. The molecule has 20 heavy (non-hydrogen) atoms. The van der Waals surface area contributed by atoms with E-state index < -0.39 is 0 Å². The number of hydrogen-bond donors (Lipinski definition) is 1. The lowest BCUT2D eigenvalue weighted by Crippen LogP contribution is -2.01. The topological polar surface area (TPSA) is 35.2 Å². The van der Waals surface area contributed by atoms with Gasteiger partial charge in [-0.05, 0) is 54.3 Å². The van der Waals surface area contributed by atoms with E-state index in [0.717, 1.165) is 11.3 Å². The Morgan fingerprint density at radius 2 is 1.90 bits per heavy atom. The first-order valence-corrected chi connectivity index (χ1v) is 7.12. The van der Waals surface area contributed by atoms with Crippen molar-refractivity contribution in [1.29, 1.82) is 0 Å². The quantitative estimate of drug-likeness (QED) is 0.810. The van der Waals surface area contributed by atoms with E-state index in [0.29, 0.717) is 23.2 Å². The average molecular weight is 290 g/mol. The van der Waals surface area contributed by atoms with Crippen LogP contribution in [0.2, 0.25) is 5.02 Å². The Hall–Kier alpha value is -1.67. The van der Waals surface area contributed by atoms with E-state index in [-0.39, 0.29) is 0 Å². The molecule has 0 fully saturated rings. The van der Waals surface area contributed by atoms with E-state index >= 15 is 0 Å². The summed E-state index contributed by atoms with van der Waals surface area (Å²) in [4.78, 5) is 0. The van der Waals surface area contributed by atoms with Crippen LogP contribution < -0.4 is 10.5 Å². The Labute approximate surface area is 125 Å². The fourth-order valence-corrected chi connectivity index (χ4v) is 2.44. The summed E-state index contributed by atoms with van der Waals surface area (Å²) in [5, 5.41) is 0.670. The van der Waals surface area contributed by atoms with Crippen LogP contribution in [0, 0.1) is 6.92 Å². The number of anilines is 1. The van der Waals surface area contributed by atoms with Gasteiger partial charge in [-0.1, -0.05) is 31.5 Å². The maximum absolute atomic E-state index is 5.97. The van der Waals surface area contributed by atoms with Crippen molar-refractivity contribution in [3.63, 3.8) is 0 Å². The molecule has 0 aliphatic carbocycles. The minimum atomic E-state index is 0.423. The first kappa shape index (κ1) is 14.7. The normalized spacial score (nSPS) is 10.8. The summed E-state index contributed by atoms with van der Waals surface area (Å²) in [6, 6.07) is 11.6. The Bertz CT molecular complexity index is 608. The number of benzene rings is 2. The minimum absolute atomic E-state index is 0.423. The zero-order valence-electron chi connectivity index (χ0n) is 12.1. The predicted molar refractivity (Wildman–Crippen MR) is 85.5 cm³/mol. The van der Waals surface area contributed by atoms with Gasteiger partial charge < -0.3 is 10.5 Å². The number of halogens is 1. The highest BCUT2D eigenvalue weighted by Gasteiger charge is 2.06. The summed E-state index contributed by atoms with van der Waals surface area (Å²) >= 11 is 5.97. The molecule has 0 saturated heterocycles. The second kappa shape index (κ2) is 6.19. The molecule has 0 aromatic heterocycles. The van der Waals surface area contributed by atoms with Crippen LogP contribution in [0.3, 0.4) is 0 Å². The highest BCUT2D eigenvalue weighted by molar-refractivity contribution is 6.30. The van der Waals surface area contributed by atoms with Gasteiger partial charge in [-0.3, -0.25) is 0 Å². The smallest absolute Gasteiger partial charge is 0.120 e. The minimum Gasteiger partial charge on any atom is -0.489 e.